The minimum absolute atomic E-state index is 0.0700. The van der Waals surface area contributed by atoms with Crippen LogP contribution in [0.2, 0.25) is 0 Å². The largest absolute Gasteiger partial charge is 0.465 e. The second-order valence-electron chi connectivity index (χ2n) is 10.0. The monoisotopic (exact) mass is 567 g/mol. The second-order valence-corrected chi connectivity index (χ2v) is 11.0. The van der Waals surface area contributed by atoms with E-state index in [1.54, 1.807) is 10.6 Å². The van der Waals surface area contributed by atoms with Crippen LogP contribution in [0.3, 0.4) is 0 Å². The summed E-state index contributed by atoms with van der Waals surface area (Å²) in [5, 5.41) is 10.0. The number of thiophene rings is 1. The van der Waals surface area contributed by atoms with Crippen molar-refractivity contribution in [3.8, 4) is 11.1 Å². The van der Waals surface area contributed by atoms with E-state index >= 15 is 0 Å². The lowest BCUT2D eigenvalue weighted by Crippen LogP contribution is -2.32. The van der Waals surface area contributed by atoms with Crippen LogP contribution in [0.1, 0.15) is 76.2 Å². The van der Waals surface area contributed by atoms with Gasteiger partial charge in [-0.2, -0.15) is 5.11 Å². The van der Waals surface area contributed by atoms with Crippen molar-refractivity contribution in [2.45, 2.75) is 52.5 Å². The first-order valence-corrected chi connectivity index (χ1v) is 14.7. The number of amidine groups is 1. The number of aliphatic imine (C=N–C) groups is 1. The number of azo groups is 1. The molecule has 5 rings (SSSR count). The van der Waals surface area contributed by atoms with Gasteiger partial charge in [0.05, 0.1) is 24.4 Å². The Morgan fingerprint density at radius 2 is 1.85 bits per heavy atom. The lowest BCUT2D eigenvalue weighted by atomic mass is 9.96. The Kier molecular flexibility index (Phi) is 8.64. The average molecular weight is 568 g/mol. The molecule has 2 aromatic heterocycles. The molecule has 0 saturated carbocycles. The highest BCUT2D eigenvalue weighted by molar-refractivity contribution is 7.10. The number of hydrogen-bond acceptors (Lipinski definition) is 8. The molecular formula is C32H33N5O3S. The number of nitrogens with zero attached hydrogens (tertiary/aromatic N) is 5. The number of hydrogen-bond donors (Lipinski definition) is 0. The Morgan fingerprint density at radius 3 is 2.54 bits per heavy atom. The first kappa shape index (κ1) is 28.3. The molecule has 41 heavy (non-hydrogen) atoms. The quantitative estimate of drug-likeness (QED) is 0.197. The molecule has 8 nitrogen and oxygen atoms in total. The predicted octanol–water partition coefficient (Wildman–Crippen LogP) is 6.78. The van der Waals surface area contributed by atoms with Gasteiger partial charge in [0.2, 0.25) is 0 Å². The number of benzene rings is 2. The van der Waals surface area contributed by atoms with Gasteiger partial charge < -0.3 is 4.74 Å². The molecule has 0 saturated heterocycles. The van der Waals surface area contributed by atoms with Crippen molar-refractivity contribution in [1.29, 1.82) is 0 Å². The summed E-state index contributed by atoms with van der Waals surface area (Å²) in [6, 6.07) is 17.7. The molecule has 9 heteroatoms. The second kappa shape index (κ2) is 12.5. The minimum atomic E-state index is -0.406. The van der Waals surface area contributed by atoms with Crippen LogP contribution >= 0.6 is 11.3 Å². The number of esters is 1. The van der Waals surface area contributed by atoms with Gasteiger partial charge >= 0.3 is 5.97 Å². The molecule has 1 aliphatic heterocycles. The number of aryl methyl sites for hydroxylation is 2. The summed E-state index contributed by atoms with van der Waals surface area (Å²) >= 11 is 1.44. The standard InChI is InChI=1S/C32H33N5O3S/c1-5-6-11-28-27(31(38)37(21(3)35-28)20(2)29-26(16-17-41-29)32(39)40-4)18-22-12-14-23(15-13-22)24-9-7-8-10-25(24)30-33-19-34-36-30/h7-10,12-17,20H,5-6,11,18-19H2,1-4H3. The zero-order chi connectivity index (χ0) is 28.9. The first-order chi connectivity index (χ1) is 19.9. The van der Waals surface area contributed by atoms with Crippen LogP contribution in [-0.2, 0) is 17.6 Å². The molecule has 0 amide bonds. The summed E-state index contributed by atoms with van der Waals surface area (Å²) in [6.07, 6.45) is 3.17. The number of aromatic nitrogens is 2. The van der Waals surface area contributed by atoms with Crippen LogP contribution < -0.4 is 5.56 Å². The Hall–Kier alpha value is -4.24. The molecule has 0 bridgehead atoms. The molecule has 3 heterocycles. The van der Waals surface area contributed by atoms with E-state index in [0.717, 1.165) is 52.1 Å². The maximum atomic E-state index is 14.1. The van der Waals surface area contributed by atoms with Crippen molar-refractivity contribution in [3.05, 3.63) is 109 Å². The summed E-state index contributed by atoms with van der Waals surface area (Å²) in [7, 11) is 1.37. The number of methoxy groups -OCH3 is 1. The van der Waals surface area contributed by atoms with Crippen molar-refractivity contribution >= 4 is 23.1 Å². The van der Waals surface area contributed by atoms with Crippen LogP contribution in [0.15, 0.2) is 80.0 Å². The third-order valence-electron chi connectivity index (χ3n) is 7.37. The van der Waals surface area contributed by atoms with Gasteiger partial charge in [-0.25, -0.2) is 14.8 Å². The first-order valence-electron chi connectivity index (χ1n) is 13.8. The molecule has 0 spiro atoms. The van der Waals surface area contributed by atoms with Gasteiger partial charge in [0.15, 0.2) is 12.5 Å². The molecular weight excluding hydrogens is 534 g/mol. The molecule has 0 aliphatic carbocycles. The summed E-state index contributed by atoms with van der Waals surface area (Å²) in [5.74, 6) is 0.878. The lowest BCUT2D eigenvalue weighted by molar-refractivity contribution is 0.0599. The molecule has 0 radical (unpaired) electrons. The molecule has 210 valence electrons. The molecule has 1 atom stereocenters. The van der Waals surface area contributed by atoms with Crippen LogP contribution in [0.4, 0.5) is 0 Å². The third kappa shape index (κ3) is 5.81. The van der Waals surface area contributed by atoms with E-state index in [9.17, 15) is 9.59 Å². The van der Waals surface area contributed by atoms with E-state index in [2.05, 4.69) is 52.5 Å². The van der Waals surface area contributed by atoms with Gasteiger partial charge in [-0.15, -0.1) is 16.5 Å². The summed E-state index contributed by atoms with van der Waals surface area (Å²) in [6.45, 7) is 6.30. The van der Waals surface area contributed by atoms with Crippen LogP contribution in [0.5, 0.6) is 0 Å². The van der Waals surface area contributed by atoms with Crippen molar-refractivity contribution in [3.63, 3.8) is 0 Å². The number of carbonyl (C=O) groups is 1. The zero-order valence-corrected chi connectivity index (χ0v) is 24.6. The van der Waals surface area contributed by atoms with E-state index < -0.39 is 5.97 Å². The predicted molar refractivity (Wildman–Crippen MR) is 162 cm³/mol. The van der Waals surface area contributed by atoms with E-state index in [1.165, 1.54) is 18.4 Å². The highest BCUT2D eigenvalue weighted by Crippen LogP contribution is 2.29. The van der Waals surface area contributed by atoms with Gasteiger partial charge in [0, 0.05) is 22.4 Å². The Balaban J connectivity index is 1.51. The van der Waals surface area contributed by atoms with E-state index in [1.807, 2.05) is 37.4 Å². The molecule has 1 unspecified atom stereocenters. The molecule has 1 aliphatic rings. The van der Waals surface area contributed by atoms with Gasteiger partial charge in [-0.3, -0.25) is 9.36 Å². The third-order valence-corrected chi connectivity index (χ3v) is 8.46. The summed E-state index contributed by atoms with van der Waals surface area (Å²) < 4.78 is 6.69. The van der Waals surface area contributed by atoms with Gasteiger partial charge in [-0.05, 0) is 54.8 Å². The van der Waals surface area contributed by atoms with Crippen molar-refractivity contribution in [2.24, 2.45) is 15.2 Å². The summed E-state index contributed by atoms with van der Waals surface area (Å²) in [5.41, 5.74) is 6.00. The maximum absolute atomic E-state index is 14.1. The Morgan fingerprint density at radius 1 is 1.10 bits per heavy atom. The van der Waals surface area contributed by atoms with Crippen molar-refractivity contribution in [1.82, 2.24) is 9.55 Å². The maximum Gasteiger partial charge on any atom is 0.339 e. The molecule has 0 fully saturated rings. The fourth-order valence-corrected chi connectivity index (χ4v) is 6.19. The molecule has 2 aromatic carbocycles. The minimum Gasteiger partial charge on any atom is -0.465 e. The molecule has 0 N–H and O–H groups in total. The fourth-order valence-electron chi connectivity index (χ4n) is 5.26. The number of carbonyl (C=O) groups excluding carboxylic acids is 1. The van der Waals surface area contributed by atoms with Crippen LogP contribution in [-0.4, -0.2) is 35.1 Å². The number of ether oxygens (including phenoxy) is 1. The van der Waals surface area contributed by atoms with E-state index in [-0.39, 0.29) is 11.6 Å². The number of unbranched alkanes of at least 4 members (excludes halogenated alkanes) is 1. The normalized spacial score (nSPS) is 13.3. The number of rotatable bonds is 10. The van der Waals surface area contributed by atoms with Crippen LogP contribution in [0.25, 0.3) is 11.1 Å². The van der Waals surface area contributed by atoms with Gasteiger partial charge in [-0.1, -0.05) is 61.9 Å². The van der Waals surface area contributed by atoms with E-state index in [4.69, 9.17) is 9.72 Å². The average Bonchev–Trinajstić information content (AvgIpc) is 3.71. The zero-order valence-electron chi connectivity index (χ0n) is 23.8. The Bertz CT molecular complexity index is 1680. The highest BCUT2D eigenvalue weighted by atomic mass is 32.1. The fraction of sp³-hybridized carbons (Fsp3) is 0.312. The molecule has 4 aromatic rings. The SMILES string of the molecule is CCCCc1nc(C)n(C(C)c2sccc2C(=O)OC)c(=O)c1Cc1ccc(-c2ccccc2C2=NCN=N2)cc1. The summed E-state index contributed by atoms with van der Waals surface area (Å²) in [4.78, 5) is 36.6. The van der Waals surface area contributed by atoms with Crippen LogP contribution in [0, 0.1) is 6.92 Å². The highest BCUT2D eigenvalue weighted by Gasteiger charge is 2.24. The topological polar surface area (TPSA) is 98.3 Å². The van der Waals surface area contributed by atoms with Gasteiger partial charge in [0.1, 0.15) is 5.82 Å². The van der Waals surface area contributed by atoms with Crippen molar-refractivity contribution < 1.29 is 9.53 Å². The lowest BCUT2D eigenvalue weighted by Gasteiger charge is -2.21. The van der Waals surface area contributed by atoms with Crippen molar-refractivity contribution in [2.75, 3.05) is 13.8 Å². The van der Waals surface area contributed by atoms with E-state index in [0.29, 0.717) is 35.9 Å². The van der Waals surface area contributed by atoms with Gasteiger partial charge in [0.25, 0.3) is 5.56 Å². The Labute approximate surface area is 243 Å². The smallest absolute Gasteiger partial charge is 0.339 e.